The van der Waals surface area contributed by atoms with Gasteiger partial charge in [-0.1, -0.05) is 25.5 Å². The third-order valence-corrected chi connectivity index (χ3v) is 5.07. The highest BCUT2D eigenvalue weighted by Gasteiger charge is 2.62. The van der Waals surface area contributed by atoms with Crippen LogP contribution in [0.25, 0.3) is 18.2 Å². The van der Waals surface area contributed by atoms with Crippen molar-refractivity contribution in [2.45, 2.75) is 32.2 Å². The molecule has 4 rings (SSSR count). The van der Waals surface area contributed by atoms with E-state index in [4.69, 9.17) is 0 Å². The number of hydrogen-bond acceptors (Lipinski definition) is 4. The van der Waals surface area contributed by atoms with Gasteiger partial charge in [0.2, 0.25) is 0 Å². The quantitative estimate of drug-likeness (QED) is 0.897. The molecule has 1 fully saturated rings. The van der Waals surface area contributed by atoms with Gasteiger partial charge in [-0.25, -0.2) is 4.98 Å². The van der Waals surface area contributed by atoms with Gasteiger partial charge >= 0.3 is 5.97 Å². The summed E-state index contributed by atoms with van der Waals surface area (Å²) in [5, 5.41) is 9.49. The molecule has 1 aliphatic heterocycles. The Balaban J connectivity index is 1.80. The summed E-state index contributed by atoms with van der Waals surface area (Å²) >= 11 is 0. The van der Waals surface area contributed by atoms with E-state index in [1.54, 1.807) is 22.9 Å². The van der Waals surface area contributed by atoms with E-state index < -0.39 is 11.4 Å². The molecule has 0 aromatic carbocycles. The summed E-state index contributed by atoms with van der Waals surface area (Å²) in [6.07, 6.45) is 10.6. The van der Waals surface area contributed by atoms with E-state index in [9.17, 15) is 14.7 Å². The smallest absolute Gasteiger partial charge is 0.315 e. The van der Waals surface area contributed by atoms with Crippen molar-refractivity contribution in [1.29, 1.82) is 0 Å². The molecule has 1 saturated carbocycles. The number of rotatable bonds is 5. The van der Waals surface area contributed by atoms with Crippen LogP contribution < -0.4 is 5.56 Å². The van der Waals surface area contributed by atoms with Crippen molar-refractivity contribution in [3.8, 4) is 0 Å². The summed E-state index contributed by atoms with van der Waals surface area (Å²) in [5.41, 5.74) is 0.979. The van der Waals surface area contributed by atoms with Gasteiger partial charge in [0.15, 0.2) is 0 Å². The molecule has 2 aliphatic rings. The van der Waals surface area contributed by atoms with Crippen LogP contribution in [0.15, 0.2) is 35.3 Å². The Morgan fingerprint density at radius 1 is 1.42 bits per heavy atom. The van der Waals surface area contributed by atoms with Crippen molar-refractivity contribution >= 4 is 24.2 Å². The minimum absolute atomic E-state index is 0.130. The summed E-state index contributed by atoms with van der Waals surface area (Å²) in [7, 11) is 0. The predicted molar refractivity (Wildman–Crippen MR) is 98.4 cm³/mol. The number of nitrogens with zero attached hydrogens (tertiary/aromatic N) is 3. The van der Waals surface area contributed by atoms with Gasteiger partial charge in [0.1, 0.15) is 11.2 Å². The number of hydrogen-bond donors (Lipinski definition) is 1. The molecule has 1 N–H and O–H groups in total. The fourth-order valence-electron chi connectivity index (χ4n) is 3.57. The highest BCUT2D eigenvalue weighted by molar-refractivity contribution is 5.84. The molecule has 1 aliphatic carbocycles. The minimum Gasteiger partial charge on any atom is -0.481 e. The predicted octanol–water partition coefficient (Wildman–Crippen LogP) is 2.80. The van der Waals surface area contributed by atoms with E-state index in [0.29, 0.717) is 29.9 Å². The maximum absolute atomic E-state index is 13.1. The first-order chi connectivity index (χ1) is 12.6. The average molecular weight is 349 g/mol. The second-order valence-electron chi connectivity index (χ2n) is 6.75. The molecule has 2 aromatic heterocycles. The van der Waals surface area contributed by atoms with Crippen molar-refractivity contribution in [1.82, 2.24) is 14.5 Å². The van der Waals surface area contributed by atoms with Crippen LogP contribution in [-0.4, -0.2) is 25.6 Å². The summed E-state index contributed by atoms with van der Waals surface area (Å²) in [6.45, 7) is 2.01. The van der Waals surface area contributed by atoms with Crippen LogP contribution in [-0.2, 0) is 11.2 Å². The van der Waals surface area contributed by atoms with E-state index >= 15 is 0 Å². The van der Waals surface area contributed by atoms with Gasteiger partial charge < -0.3 is 5.11 Å². The molecular formula is C20H19N3O3. The number of aromatic nitrogens is 3. The van der Waals surface area contributed by atoms with Crippen LogP contribution in [0.2, 0.25) is 0 Å². The molecule has 2 atom stereocenters. The zero-order valence-corrected chi connectivity index (χ0v) is 14.4. The molecule has 0 spiro atoms. The van der Waals surface area contributed by atoms with Gasteiger partial charge in [-0.15, -0.1) is 0 Å². The molecule has 0 amide bonds. The normalized spacial score (nSPS) is 22.9. The van der Waals surface area contributed by atoms with E-state index in [1.807, 2.05) is 37.3 Å². The van der Waals surface area contributed by atoms with Crippen LogP contribution in [0.1, 0.15) is 48.6 Å². The molecule has 2 aromatic rings. The standard InChI is InChI=1S/C20H19N3O3/c1-2-5-14-15(8-7-13-6-3-4-11-21-13)22-17-9-10-20(19(25)26)12-16(20)23(17)18(14)24/h3-4,6-11,16H,2,5,12H2,1H3,(H,25,26)/b8-7+. The third kappa shape index (κ3) is 2.49. The molecule has 0 bridgehead atoms. The molecule has 3 heterocycles. The molecular weight excluding hydrogens is 330 g/mol. The number of carboxylic acid groups (broad SMARTS) is 1. The number of fused-ring (bicyclic) bond motifs is 3. The number of carbonyl (C=O) groups is 1. The Morgan fingerprint density at radius 3 is 2.96 bits per heavy atom. The average Bonchev–Trinajstić information content (AvgIpc) is 3.39. The van der Waals surface area contributed by atoms with Gasteiger partial charge in [-0.3, -0.25) is 19.1 Å². The van der Waals surface area contributed by atoms with Gasteiger partial charge in [-0.2, -0.15) is 0 Å². The SMILES string of the molecule is CCCc1c(/C=C/c2ccccn2)nc2n(c1=O)C1CC1(C(=O)O)C=C2. The fraction of sp³-hybridized carbons (Fsp3) is 0.300. The van der Waals surface area contributed by atoms with Crippen LogP contribution >= 0.6 is 0 Å². The highest BCUT2D eigenvalue weighted by Crippen LogP contribution is 2.59. The van der Waals surface area contributed by atoms with Gasteiger partial charge in [0.25, 0.3) is 5.56 Å². The van der Waals surface area contributed by atoms with Crippen LogP contribution in [0.3, 0.4) is 0 Å². The topological polar surface area (TPSA) is 85.1 Å². The van der Waals surface area contributed by atoms with Crippen molar-refractivity contribution in [3.05, 3.63) is 63.6 Å². The highest BCUT2D eigenvalue weighted by atomic mass is 16.4. The summed E-state index contributed by atoms with van der Waals surface area (Å²) in [6, 6.07) is 5.30. The van der Waals surface area contributed by atoms with Crippen molar-refractivity contribution in [2.75, 3.05) is 0 Å². The first kappa shape index (κ1) is 16.4. The monoisotopic (exact) mass is 349 g/mol. The lowest BCUT2D eigenvalue weighted by Crippen LogP contribution is -2.32. The maximum atomic E-state index is 13.1. The molecule has 6 heteroatoms. The van der Waals surface area contributed by atoms with Crippen LogP contribution in [0.4, 0.5) is 0 Å². The maximum Gasteiger partial charge on any atom is 0.315 e. The van der Waals surface area contributed by atoms with Crippen LogP contribution in [0, 0.1) is 5.41 Å². The Labute approximate surface area is 150 Å². The lowest BCUT2D eigenvalue weighted by Gasteiger charge is -2.19. The van der Waals surface area contributed by atoms with Gasteiger partial charge in [0, 0.05) is 11.8 Å². The molecule has 2 unspecified atom stereocenters. The second-order valence-corrected chi connectivity index (χ2v) is 6.75. The first-order valence-electron chi connectivity index (χ1n) is 8.74. The Kier molecular flexibility index (Phi) is 3.83. The zero-order valence-electron chi connectivity index (χ0n) is 14.4. The summed E-state index contributed by atoms with van der Waals surface area (Å²) in [4.78, 5) is 33.5. The molecule has 26 heavy (non-hydrogen) atoms. The third-order valence-electron chi connectivity index (χ3n) is 5.07. The lowest BCUT2D eigenvalue weighted by molar-refractivity contribution is -0.141. The first-order valence-corrected chi connectivity index (χ1v) is 8.74. The Morgan fingerprint density at radius 2 is 2.27 bits per heavy atom. The second kappa shape index (κ2) is 6.05. The largest absolute Gasteiger partial charge is 0.481 e. The van der Waals surface area contributed by atoms with Crippen molar-refractivity contribution in [3.63, 3.8) is 0 Å². The van der Waals surface area contributed by atoms with E-state index in [1.165, 1.54) is 0 Å². The number of aliphatic carboxylic acids is 1. The number of carboxylic acids is 1. The minimum atomic E-state index is -0.937. The fourth-order valence-corrected chi connectivity index (χ4v) is 3.57. The summed E-state index contributed by atoms with van der Waals surface area (Å²) < 4.78 is 1.57. The Bertz CT molecular complexity index is 991. The zero-order chi connectivity index (χ0) is 18.3. The van der Waals surface area contributed by atoms with Gasteiger partial charge in [-0.05, 0) is 43.2 Å². The van der Waals surface area contributed by atoms with E-state index in [-0.39, 0.29) is 11.6 Å². The molecule has 0 saturated heterocycles. The van der Waals surface area contributed by atoms with Crippen molar-refractivity contribution < 1.29 is 9.90 Å². The molecule has 132 valence electrons. The Hall–Kier alpha value is -3.02. The number of pyridine rings is 1. The molecule has 0 radical (unpaired) electrons. The summed E-state index contributed by atoms with van der Waals surface area (Å²) in [5.74, 6) is -0.359. The van der Waals surface area contributed by atoms with Crippen molar-refractivity contribution in [2.24, 2.45) is 5.41 Å². The lowest BCUT2D eigenvalue weighted by atomic mass is 10.0. The van der Waals surface area contributed by atoms with Gasteiger partial charge in [0.05, 0.1) is 17.4 Å². The van der Waals surface area contributed by atoms with Crippen LogP contribution in [0.5, 0.6) is 0 Å². The van der Waals surface area contributed by atoms with E-state index in [0.717, 1.165) is 12.1 Å². The molecule has 6 nitrogen and oxygen atoms in total. The van der Waals surface area contributed by atoms with E-state index in [2.05, 4.69) is 9.97 Å².